The van der Waals surface area contributed by atoms with Crippen LogP contribution >= 0.6 is 0 Å². The molecule has 3 aliphatic rings. The molecule has 2 heterocycles. The van der Waals surface area contributed by atoms with Crippen molar-refractivity contribution in [3.8, 4) is 0 Å². The van der Waals surface area contributed by atoms with Crippen LogP contribution < -0.4 is 10.2 Å². The lowest BCUT2D eigenvalue weighted by atomic mass is 10.1. The second-order valence-corrected chi connectivity index (χ2v) is 7.59. The average molecular weight is 356 g/mol. The molecule has 1 aromatic carbocycles. The molecule has 3 fully saturated rings. The molecule has 6 nitrogen and oxygen atoms in total. The molecule has 0 spiro atoms. The summed E-state index contributed by atoms with van der Waals surface area (Å²) in [7, 11) is 0. The summed E-state index contributed by atoms with van der Waals surface area (Å²) in [4.78, 5) is 30.6. The smallest absolute Gasteiger partial charge is 0.321 e. The van der Waals surface area contributed by atoms with Crippen LogP contribution in [0.15, 0.2) is 24.3 Å². The van der Waals surface area contributed by atoms with Crippen LogP contribution in [-0.4, -0.2) is 60.5 Å². The Balaban J connectivity index is 1.34. The van der Waals surface area contributed by atoms with Crippen LogP contribution in [0.3, 0.4) is 0 Å². The number of nitrogens with one attached hydrogen (secondary N) is 1. The van der Waals surface area contributed by atoms with E-state index in [2.05, 4.69) is 10.2 Å². The van der Waals surface area contributed by atoms with Gasteiger partial charge in [0.2, 0.25) is 5.91 Å². The summed E-state index contributed by atoms with van der Waals surface area (Å²) in [5.74, 6) is 0.146. The maximum absolute atomic E-state index is 12.7. The van der Waals surface area contributed by atoms with Crippen molar-refractivity contribution in [1.29, 1.82) is 0 Å². The summed E-state index contributed by atoms with van der Waals surface area (Å²) in [5.41, 5.74) is 1.62. The van der Waals surface area contributed by atoms with Crippen LogP contribution in [0.25, 0.3) is 0 Å². The second-order valence-electron chi connectivity index (χ2n) is 7.59. The van der Waals surface area contributed by atoms with Gasteiger partial charge in [-0.05, 0) is 37.5 Å². The molecule has 2 saturated heterocycles. The Bertz CT molecular complexity index is 672. The summed E-state index contributed by atoms with van der Waals surface area (Å²) in [5, 5.41) is 3.01. The van der Waals surface area contributed by atoms with E-state index in [1.807, 2.05) is 29.2 Å². The average Bonchev–Trinajstić information content (AvgIpc) is 3.05. The van der Waals surface area contributed by atoms with Crippen molar-refractivity contribution < 1.29 is 9.59 Å². The molecule has 6 heteroatoms. The summed E-state index contributed by atoms with van der Waals surface area (Å²) < 4.78 is 0. The molecule has 0 aromatic heterocycles. The summed E-state index contributed by atoms with van der Waals surface area (Å²) >= 11 is 0. The highest BCUT2D eigenvalue weighted by Crippen LogP contribution is 2.26. The Kier molecular flexibility index (Phi) is 5.11. The first-order chi connectivity index (χ1) is 12.7. The molecule has 0 atom stereocenters. The van der Waals surface area contributed by atoms with E-state index in [1.54, 1.807) is 4.90 Å². The molecular formula is C20H28N4O2. The topological polar surface area (TPSA) is 55.9 Å². The zero-order valence-electron chi connectivity index (χ0n) is 15.3. The van der Waals surface area contributed by atoms with Crippen molar-refractivity contribution in [1.82, 2.24) is 9.80 Å². The molecule has 1 saturated carbocycles. The molecule has 26 heavy (non-hydrogen) atoms. The molecule has 1 aliphatic carbocycles. The van der Waals surface area contributed by atoms with Crippen molar-refractivity contribution in [3.05, 3.63) is 24.3 Å². The van der Waals surface area contributed by atoms with Crippen LogP contribution in [0.2, 0.25) is 0 Å². The largest absolute Gasteiger partial charge is 0.323 e. The highest BCUT2D eigenvalue weighted by atomic mass is 16.2. The molecular weight excluding hydrogens is 328 g/mol. The normalized spacial score (nSPS) is 22.2. The first-order valence-corrected chi connectivity index (χ1v) is 9.91. The van der Waals surface area contributed by atoms with Crippen molar-refractivity contribution in [2.45, 2.75) is 44.6 Å². The quantitative estimate of drug-likeness (QED) is 0.847. The molecule has 0 bridgehead atoms. The Labute approximate surface area is 155 Å². The molecule has 1 N–H and O–H groups in total. The van der Waals surface area contributed by atoms with Crippen LogP contribution in [0.4, 0.5) is 16.2 Å². The number of anilines is 2. The Morgan fingerprint density at radius 1 is 1.00 bits per heavy atom. The number of hydrogen-bond donors (Lipinski definition) is 1. The number of hydrogen-bond acceptors (Lipinski definition) is 3. The van der Waals surface area contributed by atoms with Gasteiger partial charge in [0.1, 0.15) is 0 Å². The van der Waals surface area contributed by atoms with E-state index in [0.29, 0.717) is 6.42 Å². The Hall–Kier alpha value is -2.08. The van der Waals surface area contributed by atoms with Gasteiger partial charge in [-0.2, -0.15) is 0 Å². The fourth-order valence-corrected chi connectivity index (χ4v) is 4.32. The number of urea groups is 1. The number of carbonyl (C=O) groups is 2. The number of rotatable bonds is 3. The second kappa shape index (κ2) is 7.66. The minimum absolute atomic E-state index is 0.0367. The molecule has 140 valence electrons. The molecule has 0 radical (unpaired) electrons. The monoisotopic (exact) mass is 356 g/mol. The minimum atomic E-state index is -0.0367. The van der Waals surface area contributed by atoms with Crippen molar-refractivity contribution in [3.63, 3.8) is 0 Å². The van der Waals surface area contributed by atoms with Gasteiger partial charge in [0.05, 0.1) is 0 Å². The van der Waals surface area contributed by atoms with Gasteiger partial charge in [-0.3, -0.25) is 9.69 Å². The van der Waals surface area contributed by atoms with Gasteiger partial charge in [-0.15, -0.1) is 0 Å². The third kappa shape index (κ3) is 3.70. The van der Waals surface area contributed by atoms with Gasteiger partial charge in [-0.1, -0.05) is 18.9 Å². The maximum Gasteiger partial charge on any atom is 0.321 e. The van der Waals surface area contributed by atoms with Gasteiger partial charge in [0.25, 0.3) is 0 Å². The lowest BCUT2D eigenvalue weighted by Crippen LogP contribution is -2.43. The zero-order valence-corrected chi connectivity index (χ0v) is 15.3. The molecule has 3 amide bonds. The standard InChI is InChI=1S/C20H28N4O2/c25-19-9-12-24(19)18-8-3-5-16(15-18)21-20(26)23-11-4-10-22(13-14-23)17-6-1-2-7-17/h3,5,8,15,17H,1-2,4,6-7,9-14H2,(H,21,26). The number of β-lactam (4-membered cyclic amide) rings is 1. The summed E-state index contributed by atoms with van der Waals surface area (Å²) in [6.45, 7) is 4.42. The van der Waals surface area contributed by atoms with Gasteiger partial charge >= 0.3 is 6.03 Å². The van der Waals surface area contributed by atoms with Gasteiger partial charge in [0, 0.05) is 56.6 Å². The first-order valence-electron chi connectivity index (χ1n) is 9.91. The first kappa shape index (κ1) is 17.3. The SMILES string of the molecule is O=C(Nc1cccc(N2CCC2=O)c1)N1CCCN(C2CCCC2)CC1. The van der Waals surface area contributed by atoms with Crippen molar-refractivity contribution >= 4 is 23.3 Å². The highest BCUT2D eigenvalue weighted by molar-refractivity contribution is 6.00. The molecule has 0 unspecified atom stereocenters. The lowest BCUT2D eigenvalue weighted by molar-refractivity contribution is -0.122. The van der Waals surface area contributed by atoms with Crippen LogP contribution in [0.5, 0.6) is 0 Å². The van der Waals surface area contributed by atoms with Gasteiger partial charge in [-0.25, -0.2) is 4.79 Å². The fraction of sp³-hybridized carbons (Fsp3) is 0.600. The molecule has 2 aliphatic heterocycles. The highest BCUT2D eigenvalue weighted by Gasteiger charge is 2.27. The number of amides is 3. The van der Waals surface area contributed by atoms with E-state index in [1.165, 1.54) is 25.7 Å². The third-order valence-corrected chi connectivity index (χ3v) is 5.92. The van der Waals surface area contributed by atoms with Crippen molar-refractivity contribution in [2.75, 3.05) is 42.9 Å². The van der Waals surface area contributed by atoms with Crippen LogP contribution in [0.1, 0.15) is 38.5 Å². The third-order valence-electron chi connectivity index (χ3n) is 5.92. The summed E-state index contributed by atoms with van der Waals surface area (Å²) in [6, 6.07) is 8.26. The fourth-order valence-electron chi connectivity index (χ4n) is 4.32. The molecule has 1 aromatic rings. The van der Waals surface area contributed by atoms with E-state index >= 15 is 0 Å². The maximum atomic E-state index is 12.7. The van der Waals surface area contributed by atoms with Crippen molar-refractivity contribution in [2.24, 2.45) is 0 Å². The van der Waals surface area contributed by atoms with Crippen LogP contribution in [-0.2, 0) is 4.79 Å². The predicted octanol–water partition coefficient (Wildman–Crippen LogP) is 2.91. The number of carbonyl (C=O) groups excluding carboxylic acids is 2. The number of nitrogens with zero attached hydrogens (tertiary/aromatic N) is 3. The van der Waals surface area contributed by atoms with E-state index in [9.17, 15) is 9.59 Å². The van der Waals surface area contributed by atoms with Gasteiger partial charge < -0.3 is 15.1 Å². The molecule has 4 rings (SSSR count). The predicted molar refractivity (Wildman–Crippen MR) is 102 cm³/mol. The van der Waals surface area contributed by atoms with E-state index in [4.69, 9.17) is 0 Å². The van der Waals surface area contributed by atoms with Gasteiger partial charge in [0.15, 0.2) is 0 Å². The van der Waals surface area contributed by atoms with E-state index in [-0.39, 0.29) is 11.9 Å². The summed E-state index contributed by atoms with van der Waals surface area (Å²) in [6.07, 6.45) is 6.97. The van der Waals surface area contributed by atoms with E-state index in [0.717, 1.165) is 56.6 Å². The van der Waals surface area contributed by atoms with Crippen LogP contribution in [0, 0.1) is 0 Å². The minimum Gasteiger partial charge on any atom is -0.323 e. The Morgan fingerprint density at radius 2 is 1.85 bits per heavy atom. The number of benzene rings is 1. The zero-order chi connectivity index (χ0) is 17.9. The lowest BCUT2D eigenvalue weighted by Gasteiger charge is -2.31. The Morgan fingerprint density at radius 3 is 2.58 bits per heavy atom. The van der Waals surface area contributed by atoms with E-state index < -0.39 is 0 Å².